The third-order valence-electron chi connectivity index (χ3n) is 3.31. The number of rotatable bonds is 4. The Bertz CT molecular complexity index is 235. The molecule has 2 aliphatic rings. The summed E-state index contributed by atoms with van der Waals surface area (Å²) in [6, 6.07) is 0. The number of carbonyl (C=O) groups excluding carboxylic acids is 1. The Hall–Kier alpha value is -0.605. The lowest BCUT2D eigenvalue weighted by Gasteiger charge is -2.03. The summed E-state index contributed by atoms with van der Waals surface area (Å²) in [5.41, 5.74) is 0. The minimum absolute atomic E-state index is 0.0518. The third-order valence-corrected chi connectivity index (χ3v) is 3.31. The maximum absolute atomic E-state index is 12.6. The first kappa shape index (κ1) is 9.93. The fraction of sp³-hybridized carbons (Fsp3) is 0.889. The lowest BCUT2D eigenvalue weighted by atomic mass is 9.86. The minimum Gasteiger partial charge on any atom is -0.481 e. The molecular weight excluding hydrogens is 189 g/mol. The Kier molecular flexibility index (Phi) is 2.49. The molecule has 2 aliphatic carbocycles. The highest BCUT2D eigenvalue weighted by atomic mass is 19.2. The van der Waals surface area contributed by atoms with Gasteiger partial charge in [-0.1, -0.05) is 11.7 Å². The standard InChI is InChI=1S/C9H14BF2O2/c1-2-14-9(13)7-6(5-3-4-5)8(7)10(11)12/h5-8,10H,2-4H2,1H3/q-1/t6?,7-,8-/m0/s1. The molecule has 80 valence electrons. The minimum atomic E-state index is -3.13. The average molecular weight is 203 g/mol. The van der Waals surface area contributed by atoms with Gasteiger partial charge in [0.05, 0.1) is 6.61 Å². The Labute approximate surface area is 82.2 Å². The molecule has 2 fully saturated rings. The topological polar surface area (TPSA) is 26.3 Å². The van der Waals surface area contributed by atoms with Crippen LogP contribution in [0.25, 0.3) is 0 Å². The van der Waals surface area contributed by atoms with Crippen LogP contribution in [0.4, 0.5) is 8.63 Å². The highest BCUT2D eigenvalue weighted by Gasteiger charge is 2.60. The first-order valence-corrected chi connectivity index (χ1v) is 5.29. The summed E-state index contributed by atoms with van der Waals surface area (Å²) in [7, 11) is -3.13. The van der Waals surface area contributed by atoms with Gasteiger partial charge in [0.25, 0.3) is 7.27 Å². The molecule has 2 rings (SSSR count). The van der Waals surface area contributed by atoms with Crippen LogP contribution in [0, 0.1) is 17.8 Å². The molecule has 0 amide bonds. The first-order chi connectivity index (χ1) is 6.66. The summed E-state index contributed by atoms with van der Waals surface area (Å²) >= 11 is 0. The van der Waals surface area contributed by atoms with Gasteiger partial charge in [0.2, 0.25) is 0 Å². The zero-order valence-electron chi connectivity index (χ0n) is 8.21. The molecule has 1 unspecified atom stereocenters. The van der Waals surface area contributed by atoms with E-state index in [9.17, 15) is 13.4 Å². The van der Waals surface area contributed by atoms with Gasteiger partial charge in [-0.25, -0.2) is 0 Å². The van der Waals surface area contributed by atoms with Crippen molar-refractivity contribution in [1.29, 1.82) is 0 Å². The van der Waals surface area contributed by atoms with Crippen molar-refractivity contribution in [3.8, 4) is 0 Å². The molecule has 5 heteroatoms. The third kappa shape index (κ3) is 1.64. The van der Waals surface area contributed by atoms with Crippen LogP contribution in [-0.4, -0.2) is 19.8 Å². The number of esters is 1. The highest BCUT2D eigenvalue weighted by Crippen LogP contribution is 2.64. The molecule has 0 aromatic heterocycles. The molecule has 0 aromatic carbocycles. The van der Waals surface area contributed by atoms with Crippen molar-refractivity contribution in [1.82, 2.24) is 0 Å². The van der Waals surface area contributed by atoms with Gasteiger partial charge in [0.15, 0.2) is 0 Å². The molecule has 2 saturated carbocycles. The van der Waals surface area contributed by atoms with E-state index in [1.54, 1.807) is 6.92 Å². The van der Waals surface area contributed by atoms with Crippen LogP contribution >= 0.6 is 0 Å². The molecule has 14 heavy (non-hydrogen) atoms. The second-order valence-electron chi connectivity index (χ2n) is 4.27. The lowest BCUT2D eigenvalue weighted by molar-refractivity contribution is -0.145. The number of ether oxygens (including phenoxy) is 1. The van der Waals surface area contributed by atoms with Gasteiger partial charge < -0.3 is 13.4 Å². The van der Waals surface area contributed by atoms with E-state index in [1.807, 2.05) is 0 Å². The van der Waals surface area contributed by atoms with Crippen LogP contribution in [0.3, 0.4) is 0 Å². The summed E-state index contributed by atoms with van der Waals surface area (Å²) in [6.45, 7) is 1.99. The molecule has 0 saturated heterocycles. The smallest absolute Gasteiger partial charge is 0.306 e. The van der Waals surface area contributed by atoms with Crippen LogP contribution < -0.4 is 0 Å². The Balaban J connectivity index is 1.94. The maximum atomic E-state index is 12.6. The summed E-state index contributed by atoms with van der Waals surface area (Å²) in [5.74, 6) is -1.18. The van der Waals surface area contributed by atoms with E-state index >= 15 is 0 Å². The van der Waals surface area contributed by atoms with Crippen molar-refractivity contribution < 1.29 is 18.2 Å². The molecular formula is C9H14BF2O2-. The van der Waals surface area contributed by atoms with Crippen LogP contribution in [0.5, 0.6) is 0 Å². The molecule has 2 nitrogen and oxygen atoms in total. The monoisotopic (exact) mass is 203 g/mol. The summed E-state index contributed by atoms with van der Waals surface area (Å²) in [4.78, 5) is 11.3. The average Bonchev–Trinajstić information content (AvgIpc) is 2.98. The fourth-order valence-corrected chi connectivity index (χ4v) is 2.49. The molecule has 0 aliphatic heterocycles. The van der Waals surface area contributed by atoms with Gasteiger partial charge in [0.1, 0.15) is 0 Å². The van der Waals surface area contributed by atoms with Crippen LogP contribution in [-0.2, 0) is 9.53 Å². The van der Waals surface area contributed by atoms with Gasteiger partial charge in [0, 0.05) is 5.92 Å². The predicted octanol–water partition coefficient (Wildman–Crippen LogP) is 1.74. The molecule has 0 spiro atoms. The van der Waals surface area contributed by atoms with E-state index in [1.165, 1.54) is 0 Å². The van der Waals surface area contributed by atoms with Crippen LogP contribution in [0.1, 0.15) is 19.8 Å². The molecule has 0 radical (unpaired) electrons. The van der Waals surface area contributed by atoms with Crippen molar-refractivity contribution in [2.24, 2.45) is 17.8 Å². The maximum Gasteiger partial charge on any atom is 0.306 e. The van der Waals surface area contributed by atoms with Crippen molar-refractivity contribution in [2.45, 2.75) is 25.6 Å². The Morgan fingerprint density at radius 2 is 2.14 bits per heavy atom. The van der Waals surface area contributed by atoms with E-state index in [0.29, 0.717) is 5.92 Å². The summed E-state index contributed by atoms with van der Waals surface area (Å²) in [5, 5.41) is 0. The number of hydrogen-bond acceptors (Lipinski definition) is 2. The number of carbonyl (C=O) groups is 1. The van der Waals surface area contributed by atoms with Gasteiger partial charge >= 0.3 is 5.97 Å². The van der Waals surface area contributed by atoms with E-state index in [-0.39, 0.29) is 12.5 Å². The quantitative estimate of drug-likeness (QED) is 0.513. The number of halogens is 2. The second kappa shape index (κ2) is 3.52. The number of hydrogen-bond donors (Lipinski definition) is 0. The van der Waals surface area contributed by atoms with Crippen molar-refractivity contribution in [3.05, 3.63) is 0 Å². The zero-order chi connectivity index (χ0) is 10.3. The van der Waals surface area contributed by atoms with E-state index in [4.69, 9.17) is 4.74 Å². The van der Waals surface area contributed by atoms with Crippen LogP contribution in [0.2, 0.25) is 5.82 Å². The molecule has 0 N–H and O–H groups in total. The highest BCUT2D eigenvalue weighted by molar-refractivity contribution is 6.47. The Morgan fingerprint density at radius 1 is 1.50 bits per heavy atom. The van der Waals surface area contributed by atoms with Gasteiger partial charge in [-0.05, 0) is 25.7 Å². The molecule has 3 atom stereocenters. The Morgan fingerprint density at radius 3 is 2.57 bits per heavy atom. The largest absolute Gasteiger partial charge is 0.481 e. The summed E-state index contributed by atoms with van der Waals surface area (Å²) in [6.07, 6.45) is 2.03. The van der Waals surface area contributed by atoms with Crippen LogP contribution in [0.15, 0.2) is 0 Å². The zero-order valence-corrected chi connectivity index (χ0v) is 8.21. The van der Waals surface area contributed by atoms with Crippen molar-refractivity contribution >= 4 is 13.2 Å². The van der Waals surface area contributed by atoms with E-state index < -0.39 is 25.0 Å². The van der Waals surface area contributed by atoms with Gasteiger partial charge in [-0.2, -0.15) is 0 Å². The second-order valence-corrected chi connectivity index (χ2v) is 4.27. The van der Waals surface area contributed by atoms with Gasteiger partial charge in [-0.3, -0.25) is 4.79 Å². The van der Waals surface area contributed by atoms with Gasteiger partial charge in [-0.15, -0.1) is 0 Å². The molecule has 0 bridgehead atoms. The van der Waals surface area contributed by atoms with Crippen molar-refractivity contribution in [2.75, 3.05) is 6.61 Å². The fourth-order valence-electron chi connectivity index (χ4n) is 2.49. The van der Waals surface area contributed by atoms with E-state index in [2.05, 4.69) is 0 Å². The SMILES string of the molecule is CCOC(=O)[C@H]1C(C2CC2)[C@@H]1[BH-](F)F. The predicted molar refractivity (Wildman–Crippen MR) is 49.5 cm³/mol. The molecule has 0 aromatic rings. The van der Waals surface area contributed by atoms with E-state index in [0.717, 1.165) is 12.8 Å². The lowest BCUT2D eigenvalue weighted by Crippen LogP contribution is -2.10. The van der Waals surface area contributed by atoms with Crippen molar-refractivity contribution in [3.63, 3.8) is 0 Å². The normalized spacial score (nSPS) is 35.9. The first-order valence-electron chi connectivity index (χ1n) is 5.29. The molecule has 0 heterocycles. The summed E-state index contributed by atoms with van der Waals surface area (Å²) < 4.78 is 30.0.